The van der Waals surface area contributed by atoms with Crippen molar-refractivity contribution in [3.05, 3.63) is 71.0 Å². The summed E-state index contributed by atoms with van der Waals surface area (Å²) in [6, 6.07) is 12.2. The molecule has 156 valence electrons. The van der Waals surface area contributed by atoms with Crippen molar-refractivity contribution in [3.63, 3.8) is 0 Å². The number of ether oxygens (including phenoxy) is 1. The Morgan fingerprint density at radius 3 is 2.30 bits per heavy atom. The van der Waals surface area contributed by atoms with Crippen molar-refractivity contribution in [2.24, 2.45) is 0 Å². The second kappa shape index (κ2) is 10.7. The largest absolute Gasteiger partial charge is 0.467 e. The summed E-state index contributed by atoms with van der Waals surface area (Å²) in [4.78, 5) is 36.6. The fraction of sp³-hybridized carbons (Fsp3) is 0.273. The molecule has 0 saturated carbocycles. The number of carbonyl (C=O) groups excluding carboxylic acids is 3. The van der Waals surface area contributed by atoms with E-state index in [4.69, 9.17) is 10.00 Å². The van der Waals surface area contributed by atoms with E-state index >= 15 is 0 Å². The van der Waals surface area contributed by atoms with Crippen LogP contribution in [0.3, 0.4) is 0 Å². The molecule has 0 spiro atoms. The molecule has 0 saturated heterocycles. The van der Waals surface area contributed by atoms with Crippen molar-refractivity contribution in [2.45, 2.75) is 31.8 Å². The van der Waals surface area contributed by atoms with Crippen LogP contribution in [0, 0.1) is 17.1 Å². The van der Waals surface area contributed by atoms with Crippen LogP contribution in [-0.4, -0.2) is 37.0 Å². The van der Waals surface area contributed by atoms with Crippen molar-refractivity contribution in [3.8, 4) is 6.07 Å². The quantitative estimate of drug-likeness (QED) is 0.642. The van der Waals surface area contributed by atoms with Crippen LogP contribution in [-0.2, 0) is 32.0 Å². The molecule has 2 N–H and O–H groups in total. The van der Waals surface area contributed by atoms with E-state index < -0.39 is 35.7 Å². The molecule has 0 aromatic heterocycles. The zero-order valence-electron chi connectivity index (χ0n) is 16.6. The Kier molecular flexibility index (Phi) is 8.06. The normalized spacial score (nSPS) is 12.2. The first kappa shape index (κ1) is 22.6. The van der Waals surface area contributed by atoms with Gasteiger partial charge in [-0.25, -0.2) is 9.18 Å². The lowest BCUT2D eigenvalue weighted by Gasteiger charge is -2.22. The molecular weight excluding hydrogens is 389 g/mol. The van der Waals surface area contributed by atoms with Gasteiger partial charge in [0, 0.05) is 19.8 Å². The van der Waals surface area contributed by atoms with Crippen LogP contribution >= 0.6 is 0 Å². The monoisotopic (exact) mass is 411 g/mol. The van der Waals surface area contributed by atoms with E-state index in [1.165, 1.54) is 38.3 Å². The van der Waals surface area contributed by atoms with Crippen LogP contribution in [0.1, 0.15) is 23.6 Å². The zero-order valence-corrected chi connectivity index (χ0v) is 16.6. The topological polar surface area (TPSA) is 108 Å². The third-order valence-corrected chi connectivity index (χ3v) is 4.35. The third kappa shape index (κ3) is 6.71. The molecule has 0 heterocycles. The molecule has 2 rings (SSSR count). The van der Waals surface area contributed by atoms with Crippen molar-refractivity contribution in [2.75, 3.05) is 7.11 Å². The fourth-order valence-electron chi connectivity index (χ4n) is 2.92. The molecule has 2 amide bonds. The Bertz CT molecular complexity index is 954. The van der Waals surface area contributed by atoms with Crippen LogP contribution in [0.25, 0.3) is 0 Å². The van der Waals surface area contributed by atoms with Gasteiger partial charge in [-0.2, -0.15) is 5.26 Å². The fourth-order valence-corrected chi connectivity index (χ4v) is 2.92. The number of nitrogens with one attached hydrogen (secondary N) is 2. The highest BCUT2D eigenvalue weighted by Gasteiger charge is 2.27. The van der Waals surface area contributed by atoms with Crippen LogP contribution in [0.2, 0.25) is 0 Å². The van der Waals surface area contributed by atoms with Gasteiger partial charge in [0.15, 0.2) is 0 Å². The molecule has 0 radical (unpaired) electrons. The zero-order chi connectivity index (χ0) is 22.1. The van der Waals surface area contributed by atoms with Gasteiger partial charge in [-0.3, -0.25) is 9.59 Å². The number of nitriles is 1. The summed E-state index contributed by atoms with van der Waals surface area (Å²) >= 11 is 0. The van der Waals surface area contributed by atoms with Crippen LogP contribution in [0.15, 0.2) is 48.5 Å². The molecular formula is C22H22FN3O4. The van der Waals surface area contributed by atoms with E-state index in [0.717, 1.165) is 0 Å². The number of carbonyl (C=O) groups is 3. The summed E-state index contributed by atoms with van der Waals surface area (Å²) < 4.78 is 17.9. The van der Waals surface area contributed by atoms with Gasteiger partial charge in [0.25, 0.3) is 0 Å². The summed E-state index contributed by atoms with van der Waals surface area (Å²) in [6.07, 6.45) is 0.223. The van der Waals surface area contributed by atoms with Gasteiger partial charge in [-0.1, -0.05) is 24.3 Å². The number of benzene rings is 2. The number of amides is 2. The SMILES string of the molecule is COC(=O)[C@@H](Cc1cccc(C#N)c1)NC(=O)[C@@H](Cc1ccc(F)cc1)NC(C)=O. The number of halogens is 1. The molecule has 0 unspecified atom stereocenters. The molecule has 2 aromatic carbocycles. The Morgan fingerprint density at radius 1 is 1.03 bits per heavy atom. The minimum Gasteiger partial charge on any atom is -0.467 e. The standard InChI is InChI=1S/C22H22FN3O4/c1-14(27)25-19(11-15-6-8-18(23)9-7-15)21(28)26-20(22(29)30-2)12-16-4-3-5-17(10-16)13-24/h3-10,19-20H,11-12H2,1-2H3,(H,25,27)(H,26,28)/t19-,20-/m1/s1. The molecule has 8 heteroatoms. The maximum atomic E-state index is 13.1. The summed E-state index contributed by atoms with van der Waals surface area (Å²) in [5.74, 6) is -2.08. The highest BCUT2D eigenvalue weighted by Crippen LogP contribution is 2.10. The second-order valence-corrected chi connectivity index (χ2v) is 6.68. The summed E-state index contributed by atoms with van der Waals surface area (Å²) in [6.45, 7) is 1.27. The number of hydrogen-bond donors (Lipinski definition) is 2. The van der Waals surface area contributed by atoms with E-state index in [-0.39, 0.29) is 12.8 Å². The highest BCUT2D eigenvalue weighted by atomic mass is 19.1. The highest BCUT2D eigenvalue weighted by molar-refractivity contribution is 5.90. The molecule has 7 nitrogen and oxygen atoms in total. The average Bonchev–Trinajstić information content (AvgIpc) is 2.73. The van der Waals surface area contributed by atoms with Gasteiger partial charge in [0.1, 0.15) is 17.9 Å². The molecule has 2 aromatic rings. The number of nitrogens with zero attached hydrogens (tertiary/aromatic N) is 1. The molecule has 0 aliphatic carbocycles. The van der Waals surface area contributed by atoms with Gasteiger partial charge < -0.3 is 15.4 Å². The summed E-state index contributed by atoms with van der Waals surface area (Å²) in [7, 11) is 1.21. The summed E-state index contributed by atoms with van der Waals surface area (Å²) in [5, 5.41) is 14.2. The first-order chi connectivity index (χ1) is 14.3. The Morgan fingerprint density at radius 2 is 1.70 bits per heavy atom. The van der Waals surface area contributed by atoms with Crippen LogP contribution < -0.4 is 10.6 Å². The second-order valence-electron chi connectivity index (χ2n) is 6.68. The Hall–Kier alpha value is -3.73. The average molecular weight is 411 g/mol. The van der Waals surface area contributed by atoms with Gasteiger partial charge in [-0.15, -0.1) is 0 Å². The van der Waals surface area contributed by atoms with Crippen LogP contribution in [0.4, 0.5) is 4.39 Å². The number of esters is 1. The lowest BCUT2D eigenvalue weighted by atomic mass is 10.0. The number of methoxy groups -OCH3 is 1. The molecule has 0 aliphatic heterocycles. The first-order valence-electron chi connectivity index (χ1n) is 9.21. The summed E-state index contributed by atoms with van der Waals surface area (Å²) in [5.41, 5.74) is 1.73. The molecule has 0 aliphatic rings. The lowest BCUT2D eigenvalue weighted by Crippen LogP contribution is -2.53. The van der Waals surface area contributed by atoms with Crippen molar-refractivity contribution < 1.29 is 23.5 Å². The molecule has 0 fully saturated rings. The van der Waals surface area contributed by atoms with Gasteiger partial charge in [-0.05, 0) is 35.4 Å². The maximum absolute atomic E-state index is 13.1. The van der Waals surface area contributed by atoms with E-state index in [2.05, 4.69) is 10.6 Å². The van der Waals surface area contributed by atoms with Gasteiger partial charge in [0.05, 0.1) is 18.7 Å². The third-order valence-electron chi connectivity index (χ3n) is 4.35. The Labute approximate surface area is 173 Å². The van der Waals surface area contributed by atoms with Crippen molar-refractivity contribution >= 4 is 17.8 Å². The Balaban J connectivity index is 2.18. The molecule has 0 bridgehead atoms. The number of hydrogen-bond acceptors (Lipinski definition) is 5. The van der Waals surface area contributed by atoms with E-state index in [0.29, 0.717) is 16.7 Å². The smallest absolute Gasteiger partial charge is 0.328 e. The lowest BCUT2D eigenvalue weighted by molar-refractivity contribution is -0.145. The van der Waals surface area contributed by atoms with Crippen molar-refractivity contribution in [1.82, 2.24) is 10.6 Å². The predicted octanol–water partition coefficient (Wildman–Crippen LogP) is 1.65. The minimum atomic E-state index is -1.01. The van der Waals surface area contributed by atoms with Gasteiger partial charge >= 0.3 is 5.97 Å². The van der Waals surface area contributed by atoms with Crippen molar-refractivity contribution in [1.29, 1.82) is 5.26 Å². The number of rotatable bonds is 8. The van der Waals surface area contributed by atoms with Crippen LogP contribution in [0.5, 0.6) is 0 Å². The van der Waals surface area contributed by atoms with E-state index in [1.54, 1.807) is 24.3 Å². The predicted molar refractivity (Wildman–Crippen MR) is 107 cm³/mol. The van der Waals surface area contributed by atoms with E-state index in [1.807, 2.05) is 6.07 Å². The maximum Gasteiger partial charge on any atom is 0.328 e. The van der Waals surface area contributed by atoms with E-state index in [9.17, 15) is 18.8 Å². The molecule has 30 heavy (non-hydrogen) atoms. The minimum absolute atomic E-state index is 0.108. The first-order valence-corrected chi connectivity index (χ1v) is 9.21. The van der Waals surface area contributed by atoms with Gasteiger partial charge in [0.2, 0.25) is 11.8 Å². The molecule has 2 atom stereocenters.